The van der Waals surface area contributed by atoms with Crippen molar-refractivity contribution >= 4 is 17.7 Å². The SMILES string of the molecule is Cc1ccc(SCCC(=O)N2CCCNCC2)cc1C. The Kier molecular flexibility index (Phi) is 5.92. The number of nitrogens with one attached hydrogen (secondary N) is 1. The number of thioether (sulfide) groups is 1. The maximum Gasteiger partial charge on any atom is 0.223 e. The Bertz CT molecular complexity index is 454. The van der Waals surface area contributed by atoms with Gasteiger partial charge >= 0.3 is 0 Å². The first-order chi connectivity index (χ1) is 9.66. The van der Waals surface area contributed by atoms with Crippen LogP contribution in [0.5, 0.6) is 0 Å². The van der Waals surface area contributed by atoms with Crippen molar-refractivity contribution in [2.45, 2.75) is 31.6 Å². The van der Waals surface area contributed by atoms with E-state index in [9.17, 15) is 4.79 Å². The number of carbonyl (C=O) groups is 1. The van der Waals surface area contributed by atoms with E-state index in [1.807, 2.05) is 4.90 Å². The molecule has 1 aromatic rings. The zero-order valence-corrected chi connectivity index (χ0v) is 13.3. The van der Waals surface area contributed by atoms with Gasteiger partial charge in [0, 0.05) is 36.7 Å². The van der Waals surface area contributed by atoms with E-state index in [-0.39, 0.29) is 0 Å². The maximum absolute atomic E-state index is 12.1. The van der Waals surface area contributed by atoms with Gasteiger partial charge < -0.3 is 10.2 Å². The van der Waals surface area contributed by atoms with Crippen LogP contribution in [0, 0.1) is 13.8 Å². The van der Waals surface area contributed by atoms with Crippen LogP contribution in [0.15, 0.2) is 23.1 Å². The maximum atomic E-state index is 12.1. The van der Waals surface area contributed by atoms with Gasteiger partial charge in [-0.25, -0.2) is 0 Å². The lowest BCUT2D eigenvalue weighted by molar-refractivity contribution is -0.130. The van der Waals surface area contributed by atoms with E-state index < -0.39 is 0 Å². The molecule has 1 aliphatic heterocycles. The number of rotatable bonds is 4. The van der Waals surface area contributed by atoms with Crippen molar-refractivity contribution in [1.29, 1.82) is 0 Å². The minimum absolute atomic E-state index is 0.296. The summed E-state index contributed by atoms with van der Waals surface area (Å²) in [6, 6.07) is 6.51. The minimum atomic E-state index is 0.296. The van der Waals surface area contributed by atoms with E-state index in [4.69, 9.17) is 0 Å². The summed E-state index contributed by atoms with van der Waals surface area (Å²) in [5.74, 6) is 1.16. The first-order valence-corrected chi connectivity index (χ1v) is 8.34. The molecule has 0 bridgehead atoms. The van der Waals surface area contributed by atoms with E-state index >= 15 is 0 Å². The van der Waals surface area contributed by atoms with Crippen molar-refractivity contribution in [3.63, 3.8) is 0 Å². The second kappa shape index (κ2) is 7.70. The van der Waals surface area contributed by atoms with Crippen LogP contribution in [-0.4, -0.2) is 42.7 Å². The fourth-order valence-corrected chi connectivity index (χ4v) is 3.25. The van der Waals surface area contributed by atoms with Gasteiger partial charge in [0.15, 0.2) is 0 Å². The predicted molar refractivity (Wildman–Crippen MR) is 85.3 cm³/mol. The van der Waals surface area contributed by atoms with Gasteiger partial charge in [0.2, 0.25) is 5.91 Å². The summed E-state index contributed by atoms with van der Waals surface area (Å²) in [5, 5.41) is 3.33. The molecule has 0 saturated carbocycles. The van der Waals surface area contributed by atoms with Crippen LogP contribution in [0.2, 0.25) is 0 Å². The molecule has 0 atom stereocenters. The Hall–Kier alpha value is -1.00. The van der Waals surface area contributed by atoms with Gasteiger partial charge in [0.25, 0.3) is 0 Å². The third kappa shape index (κ3) is 4.53. The number of hydrogen-bond donors (Lipinski definition) is 1. The quantitative estimate of drug-likeness (QED) is 0.866. The molecule has 1 saturated heterocycles. The third-order valence-electron chi connectivity index (χ3n) is 3.76. The standard InChI is InChI=1S/C16H24N2OS/c1-13-4-5-15(12-14(13)2)20-11-6-16(19)18-9-3-7-17-8-10-18/h4-5,12,17H,3,6-11H2,1-2H3. The Morgan fingerprint density at radius 1 is 1.25 bits per heavy atom. The first-order valence-electron chi connectivity index (χ1n) is 7.35. The minimum Gasteiger partial charge on any atom is -0.341 e. The van der Waals surface area contributed by atoms with Crippen molar-refractivity contribution in [2.24, 2.45) is 0 Å². The molecular weight excluding hydrogens is 268 g/mol. The highest BCUT2D eigenvalue weighted by Crippen LogP contribution is 2.22. The number of nitrogens with zero attached hydrogens (tertiary/aromatic N) is 1. The van der Waals surface area contributed by atoms with E-state index in [0.717, 1.165) is 38.4 Å². The molecule has 0 aliphatic carbocycles. The molecular formula is C16H24N2OS. The molecule has 0 aromatic heterocycles. The van der Waals surface area contributed by atoms with Crippen LogP contribution in [0.4, 0.5) is 0 Å². The molecule has 1 amide bonds. The fourth-order valence-electron chi connectivity index (χ4n) is 2.31. The molecule has 20 heavy (non-hydrogen) atoms. The second-order valence-corrected chi connectivity index (χ2v) is 6.50. The Morgan fingerprint density at radius 2 is 2.10 bits per heavy atom. The fraction of sp³-hybridized carbons (Fsp3) is 0.562. The van der Waals surface area contributed by atoms with E-state index in [1.165, 1.54) is 16.0 Å². The number of hydrogen-bond acceptors (Lipinski definition) is 3. The van der Waals surface area contributed by atoms with Crippen molar-refractivity contribution in [1.82, 2.24) is 10.2 Å². The van der Waals surface area contributed by atoms with Crippen molar-refractivity contribution < 1.29 is 4.79 Å². The third-order valence-corrected chi connectivity index (χ3v) is 4.75. The molecule has 1 N–H and O–H groups in total. The smallest absolute Gasteiger partial charge is 0.223 e. The van der Waals surface area contributed by atoms with Crippen molar-refractivity contribution in [3.8, 4) is 0 Å². The highest BCUT2D eigenvalue weighted by atomic mass is 32.2. The topological polar surface area (TPSA) is 32.3 Å². The van der Waals surface area contributed by atoms with Crippen LogP contribution in [-0.2, 0) is 4.79 Å². The summed E-state index contributed by atoms with van der Waals surface area (Å²) in [5.41, 5.74) is 2.64. The Labute approximate surface area is 126 Å². The van der Waals surface area contributed by atoms with E-state index in [2.05, 4.69) is 37.4 Å². The number of amides is 1. The highest BCUT2D eigenvalue weighted by Gasteiger charge is 2.14. The summed E-state index contributed by atoms with van der Waals surface area (Å²) in [4.78, 5) is 15.4. The zero-order valence-electron chi connectivity index (χ0n) is 12.4. The van der Waals surface area contributed by atoms with Gasteiger partial charge in [-0.3, -0.25) is 4.79 Å². The molecule has 1 heterocycles. The molecule has 0 unspecified atom stereocenters. The summed E-state index contributed by atoms with van der Waals surface area (Å²) in [6.45, 7) is 7.97. The molecule has 1 aromatic carbocycles. The van der Waals surface area contributed by atoms with Gasteiger partial charge in [-0.1, -0.05) is 6.07 Å². The zero-order chi connectivity index (χ0) is 14.4. The molecule has 3 nitrogen and oxygen atoms in total. The van der Waals surface area contributed by atoms with Crippen molar-refractivity contribution in [2.75, 3.05) is 31.9 Å². The number of carbonyl (C=O) groups excluding carboxylic acids is 1. The van der Waals surface area contributed by atoms with Gasteiger partial charge in [-0.15, -0.1) is 11.8 Å². The lowest BCUT2D eigenvalue weighted by Crippen LogP contribution is -2.34. The summed E-state index contributed by atoms with van der Waals surface area (Å²) in [7, 11) is 0. The van der Waals surface area contributed by atoms with Crippen molar-refractivity contribution in [3.05, 3.63) is 29.3 Å². The Morgan fingerprint density at radius 3 is 2.90 bits per heavy atom. The average molecular weight is 292 g/mol. The molecule has 4 heteroatoms. The molecule has 1 aliphatic rings. The predicted octanol–water partition coefficient (Wildman–Crippen LogP) is 2.61. The largest absolute Gasteiger partial charge is 0.341 e. The van der Waals surface area contributed by atoms with Gasteiger partial charge in [0.1, 0.15) is 0 Å². The summed E-state index contributed by atoms with van der Waals surface area (Å²) >= 11 is 1.78. The summed E-state index contributed by atoms with van der Waals surface area (Å²) in [6.07, 6.45) is 1.70. The lowest BCUT2D eigenvalue weighted by Gasteiger charge is -2.19. The van der Waals surface area contributed by atoms with E-state index in [0.29, 0.717) is 12.3 Å². The molecule has 110 valence electrons. The van der Waals surface area contributed by atoms with Crippen LogP contribution >= 0.6 is 11.8 Å². The number of benzene rings is 1. The normalized spacial score (nSPS) is 16.0. The van der Waals surface area contributed by atoms with Crippen LogP contribution in [0.25, 0.3) is 0 Å². The van der Waals surface area contributed by atoms with Gasteiger partial charge in [-0.2, -0.15) is 0 Å². The highest BCUT2D eigenvalue weighted by molar-refractivity contribution is 7.99. The Balaban J connectivity index is 1.76. The second-order valence-electron chi connectivity index (χ2n) is 5.33. The van der Waals surface area contributed by atoms with Gasteiger partial charge in [0.05, 0.1) is 0 Å². The molecule has 0 radical (unpaired) electrons. The first kappa shape index (κ1) is 15.4. The van der Waals surface area contributed by atoms with Crippen LogP contribution in [0.3, 0.4) is 0 Å². The summed E-state index contributed by atoms with van der Waals surface area (Å²) < 4.78 is 0. The average Bonchev–Trinajstić information content (AvgIpc) is 2.71. The number of aryl methyl sites for hydroxylation is 2. The monoisotopic (exact) mass is 292 g/mol. The van der Waals surface area contributed by atoms with E-state index in [1.54, 1.807) is 11.8 Å². The lowest BCUT2D eigenvalue weighted by atomic mass is 10.1. The molecule has 1 fully saturated rings. The van der Waals surface area contributed by atoms with Crippen LogP contribution < -0.4 is 5.32 Å². The van der Waals surface area contributed by atoms with Gasteiger partial charge in [-0.05, 0) is 50.1 Å². The molecule has 0 spiro atoms. The van der Waals surface area contributed by atoms with Crippen LogP contribution in [0.1, 0.15) is 24.0 Å². The molecule has 2 rings (SSSR count).